The summed E-state index contributed by atoms with van der Waals surface area (Å²) in [6, 6.07) is 15.6. The number of benzene rings is 2. The number of aliphatic hydroxyl groups is 2. The van der Waals surface area contributed by atoms with Crippen molar-refractivity contribution in [1.82, 2.24) is 4.90 Å². The summed E-state index contributed by atoms with van der Waals surface area (Å²) in [5, 5.41) is 18.7. The molecule has 0 heterocycles. The Morgan fingerprint density at radius 3 is 2.29 bits per heavy atom. The van der Waals surface area contributed by atoms with Gasteiger partial charge in [-0.05, 0) is 30.2 Å². The molecule has 0 aliphatic heterocycles. The van der Waals surface area contributed by atoms with E-state index in [0.29, 0.717) is 24.7 Å². The zero-order valence-electron chi connectivity index (χ0n) is 13.7. The van der Waals surface area contributed by atoms with E-state index < -0.39 is 0 Å². The molecule has 0 saturated carbocycles. The van der Waals surface area contributed by atoms with Crippen LogP contribution in [0, 0.1) is 0 Å². The fourth-order valence-electron chi connectivity index (χ4n) is 2.56. The first-order valence-corrected chi connectivity index (χ1v) is 8.54. The largest absolute Gasteiger partial charge is 0.493 e. The second-order valence-corrected chi connectivity index (χ2v) is 5.93. The van der Waals surface area contributed by atoms with Gasteiger partial charge in [0.2, 0.25) is 0 Å². The highest BCUT2D eigenvalue weighted by Gasteiger charge is 2.08. The monoisotopic (exact) mass is 349 g/mol. The molecule has 2 aromatic rings. The van der Waals surface area contributed by atoms with Gasteiger partial charge < -0.3 is 14.9 Å². The van der Waals surface area contributed by atoms with Gasteiger partial charge in [-0.1, -0.05) is 41.9 Å². The minimum atomic E-state index is 0.0934. The summed E-state index contributed by atoms with van der Waals surface area (Å²) in [5.74, 6) is 0.807. The van der Waals surface area contributed by atoms with Crippen molar-refractivity contribution in [2.75, 3.05) is 39.5 Å². The maximum absolute atomic E-state index is 9.02. The van der Waals surface area contributed by atoms with Crippen LogP contribution in [-0.2, 0) is 0 Å². The molecule has 0 radical (unpaired) electrons. The molecule has 0 spiro atoms. The molecule has 4 nitrogen and oxygen atoms in total. The summed E-state index contributed by atoms with van der Waals surface area (Å²) in [7, 11) is 0. The van der Waals surface area contributed by atoms with Crippen LogP contribution in [-0.4, -0.2) is 54.6 Å². The molecule has 0 amide bonds. The Balaban J connectivity index is 1.95. The van der Waals surface area contributed by atoms with E-state index in [1.54, 1.807) is 0 Å². The van der Waals surface area contributed by atoms with Crippen molar-refractivity contribution in [3.63, 3.8) is 0 Å². The third-order valence-electron chi connectivity index (χ3n) is 3.74. The molecule has 24 heavy (non-hydrogen) atoms. The molecular weight excluding hydrogens is 326 g/mol. The van der Waals surface area contributed by atoms with Crippen LogP contribution >= 0.6 is 11.6 Å². The molecule has 0 aliphatic rings. The van der Waals surface area contributed by atoms with Crippen LogP contribution in [0.1, 0.15) is 6.42 Å². The minimum Gasteiger partial charge on any atom is -0.493 e. The molecule has 2 N–H and O–H groups in total. The molecule has 2 aromatic carbocycles. The van der Waals surface area contributed by atoms with Crippen LogP contribution < -0.4 is 4.74 Å². The Labute approximate surface area is 148 Å². The third-order valence-corrected chi connectivity index (χ3v) is 3.97. The Bertz CT molecular complexity index is 601. The third kappa shape index (κ3) is 5.80. The summed E-state index contributed by atoms with van der Waals surface area (Å²) in [4.78, 5) is 2.02. The van der Waals surface area contributed by atoms with E-state index in [9.17, 15) is 0 Å². The standard InChI is InChI=1S/C19H24ClNO3/c20-17-7-8-19(18(15-17)16-5-2-1-3-6-16)24-14-4-9-21(10-12-22)11-13-23/h1-3,5-8,15,22-23H,4,9-14H2. The lowest BCUT2D eigenvalue weighted by molar-refractivity contribution is 0.153. The molecule has 0 atom stereocenters. The first-order chi connectivity index (χ1) is 11.7. The van der Waals surface area contributed by atoms with Crippen molar-refractivity contribution in [2.45, 2.75) is 6.42 Å². The zero-order chi connectivity index (χ0) is 17.2. The summed E-state index contributed by atoms with van der Waals surface area (Å²) in [6.45, 7) is 2.66. The van der Waals surface area contributed by atoms with E-state index in [1.165, 1.54) is 0 Å². The molecule has 0 unspecified atom stereocenters. The van der Waals surface area contributed by atoms with Gasteiger partial charge >= 0.3 is 0 Å². The van der Waals surface area contributed by atoms with E-state index in [1.807, 2.05) is 53.4 Å². The summed E-state index contributed by atoms with van der Waals surface area (Å²) in [6.07, 6.45) is 0.816. The van der Waals surface area contributed by atoms with Gasteiger partial charge in [0.15, 0.2) is 0 Å². The average Bonchev–Trinajstić information content (AvgIpc) is 2.60. The van der Waals surface area contributed by atoms with Crippen LogP contribution in [0.3, 0.4) is 0 Å². The van der Waals surface area contributed by atoms with Crippen LogP contribution in [0.25, 0.3) is 11.1 Å². The van der Waals surface area contributed by atoms with Crippen molar-refractivity contribution in [3.05, 3.63) is 53.6 Å². The van der Waals surface area contributed by atoms with Crippen LogP contribution in [0.15, 0.2) is 48.5 Å². The number of nitrogens with zero attached hydrogens (tertiary/aromatic N) is 1. The van der Waals surface area contributed by atoms with Gasteiger partial charge in [0.25, 0.3) is 0 Å². The Morgan fingerprint density at radius 2 is 1.62 bits per heavy atom. The average molecular weight is 350 g/mol. The fourth-order valence-corrected chi connectivity index (χ4v) is 2.73. The van der Waals surface area contributed by atoms with E-state index >= 15 is 0 Å². The van der Waals surface area contributed by atoms with E-state index in [4.69, 9.17) is 26.6 Å². The summed E-state index contributed by atoms with van der Waals surface area (Å²) < 4.78 is 5.94. The van der Waals surface area contributed by atoms with Crippen molar-refractivity contribution >= 4 is 11.6 Å². The predicted octanol–water partition coefficient (Wildman–Crippen LogP) is 3.06. The summed E-state index contributed by atoms with van der Waals surface area (Å²) in [5.41, 5.74) is 2.04. The van der Waals surface area contributed by atoms with Crippen molar-refractivity contribution < 1.29 is 14.9 Å². The molecule has 130 valence electrons. The van der Waals surface area contributed by atoms with Gasteiger partial charge in [-0.3, -0.25) is 4.90 Å². The quantitative estimate of drug-likeness (QED) is 0.647. The number of ether oxygens (including phenoxy) is 1. The van der Waals surface area contributed by atoms with Crippen LogP contribution in [0.5, 0.6) is 5.75 Å². The van der Waals surface area contributed by atoms with Gasteiger partial charge in [-0.2, -0.15) is 0 Å². The second kappa shape index (κ2) is 10.3. The first kappa shape index (κ1) is 18.7. The zero-order valence-corrected chi connectivity index (χ0v) is 14.5. The van der Waals surface area contributed by atoms with Gasteiger partial charge in [0.1, 0.15) is 5.75 Å². The van der Waals surface area contributed by atoms with Gasteiger partial charge in [0, 0.05) is 30.2 Å². The molecule has 5 heteroatoms. The first-order valence-electron chi connectivity index (χ1n) is 8.16. The SMILES string of the molecule is OCCN(CCO)CCCOc1ccc(Cl)cc1-c1ccccc1. The molecule has 0 fully saturated rings. The number of aliphatic hydroxyl groups excluding tert-OH is 2. The maximum atomic E-state index is 9.02. The van der Waals surface area contributed by atoms with Gasteiger partial charge in [-0.25, -0.2) is 0 Å². The van der Waals surface area contributed by atoms with Gasteiger partial charge in [-0.15, -0.1) is 0 Å². The van der Waals surface area contributed by atoms with Crippen LogP contribution in [0.4, 0.5) is 0 Å². The molecule has 2 rings (SSSR count). The molecule has 0 aromatic heterocycles. The highest BCUT2D eigenvalue weighted by Crippen LogP contribution is 2.32. The molecular formula is C19H24ClNO3. The summed E-state index contributed by atoms with van der Waals surface area (Å²) >= 11 is 6.13. The Kier molecular flexibility index (Phi) is 8.05. The molecule has 0 bridgehead atoms. The maximum Gasteiger partial charge on any atom is 0.127 e. The van der Waals surface area contributed by atoms with Crippen molar-refractivity contribution in [3.8, 4) is 16.9 Å². The molecule has 0 aliphatic carbocycles. The lowest BCUT2D eigenvalue weighted by Crippen LogP contribution is -2.31. The molecule has 0 saturated heterocycles. The number of hydrogen-bond acceptors (Lipinski definition) is 4. The Morgan fingerprint density at radius 1 is 0.917 bits per heavy atom. The minimum absolute atomic E-state index is 0.0934. The van der Waals surface area contributed by atoms with E-state index in [-0.39, 0.29) is 13.2 Å². The van der Waals surface area contributed by atoms with E-state index in [2.05, 4.69) is 0 Å². The smallest absolute Gasteiger partial charge is 0.127 e. The van der Waals surface area contributed by atoms with Gasteiger partial charge in [0.05, 0.1) is 19.8 Å². The fraction of sp³-hybridized carbons (Fsp3) is 0.368. The number of halogens is 1. The van der Waals surface area contributed by atoms with Crippen LogP contribution in [0.2, 0.25) is 5.02 Å². The van der Waals surface area contributed by atoms with E-state index in [0.717, 1.165) is 29.8 Å². The topological polar surface area (TPSA) is 52.9 Å². The Hall–Kier alpha value is -1.59. The predicted molar refractivity (Wildman–Crippen MR) is 97.6 cm³/mol. The van der Waals surface area contributed by atoms with Crippen molar-refractivity contribution in [1.29, 1.82) is 0 Å². The second-order valence-electron chi connectivity index (χ2n) is 5.50. The highest BCUT2D eigenvalue weighted by atomic mass is 35.5. The number of rotatable bonds is 10. The van der Waals surface area contributed by atoms with Crippen molar-refractivity contribution in [2.24, 2.45) is 0 Å². The normalized spacial score (nSPS) is 11.0. The number of hydrogen-bond donors (Lipinski definition) is 2. The lowest BCUT2D eigenvalue weighted by atomic mass is 10.0. The highest BCUT2D eigenvalue weighted by molar-refractivity contribution is 6.31. The lowest BCUT2D eigenvalue weighted by Gasteiger charge is -2.20.